The van der Waals surface area contributed by atoms with Crippen molar-refractivity contribution in [3.05, 3.63) is 66.7 Å². The van der Waals surface area contributed by atoms with Gasteiger partial charge in [-0.3, -0.25) is 0 Å². The molecule has 0 fully saturated rings. The molecule has 0 amide bonds. The fraction of sp³-hybridized carbons (Fsp3) is 0.0588. The van der Waals surface area contributed by atoms with Gasteiger partial charge >= 0.3 is 10.1 Å². The van der Waals surface area contributed by atoms with Gasteiger partial charge in [0.25, 0.3) is 0 Å². The van der Waals surface area contributed by atoms with Crippen LogP contribution in [-0.2, 0) is 10.1 Å². The van der Waals surface area contributed by atoms with Crippen molar-refractivity contribution in [2.24, 2.45) is 0 Å². The number of fused-ring (bicyclic) bond motifs is 1. The maximum Gasteiger partial charge on any atom is 0.339 e. The van der Waals surface area contributed by atoms with Crippen molar-refractivity contribution in [2.45, 2.75) is 4.90 Å². The Labute approximate surface area is 129 Å². The van der Waals surface area contributed by atoms with Gasteiger partial charge in [0.05, 0.1) is 7.11 Å². The Morgan fingerprint density at radius 1 is 0.773 bits per heavy atom. The van der Waals surface area contributed by atoms with Gasteiger partial charge in [-0.05, 0) is 47.2 Å². The molecule has 3 rings (SSSR count). The zero-order chi connectivity index (χ0) is 15.6. The van der Waals surface area contributed by atoms with Crippen LogP contribution in [0.2, 0.25) is 0 Å². The van der Waals surface area contributed by atoms with Crippen LogP contribution in [0.25, 0.3) is 10.8 Å². The second kappa shape index (κ2) is 5.69. The Balaban J connectivity index is 1.93. The largest absolute Gasteiger partial charge is 0.497 e. The first-order valence-corrected chi connectivity index (χ1v) is 8.07. The number of methoxy groups -OCH3 is 1. The van der Waals surface area contributed by atoms with E-state index in [0.29, 0.717) is 5.75 Å². The Kier molecular flexibility index (Phi) is 3.73. The molecule has 0 radical (unpaired) electrons. The third kappa shape index (κ3) is 2.89. The highest BCUT2D eigenvalue weighted by Crippen LogP contribution is 2.24. The molecule has 0 aromatic heterocycles. The zero-order valence-electron chi connectivity index (χ0n) is 11.9. The minimum Gasteiger partial charge on any atom is -0.497 e. The molecule has 22 heavy (non-hydrogen) atoms. The van der Waals surface area contributed by atoms with E-state index < -0.39 is 10.1 Å². The molecule has 0 saturated heterocycles. The molecule has 112 valence electrons. The smallest absolute Gasteiger partial charge is 0.339 e. The van der Waals surface area contributed by atoms with Gasteiger partial charge in [0.15, 0.2) is 0 Å². The summed E-state index contributed by atoms with van der Waals surface area (Å²) < 4.78 is 34.9. The van der Waals surface area contributed by atoms with Crippen LogP contribution in [-0.4, -0.2) is 15.5 Å². The van der Waals surface area contributed by atoms with Gasteiger partial charge < -0.3 is 8.92 Å². The third-order valence-corrected chi connectivity index (χ3v) is 4.52. The Hall–Kier alpha value is -2.53. The van der Waals surface area contributed by atoms with Crippen molar-refractivity contribution >= 4 is 20.9 Å². The normalized spacial score (nSPS) is 11.3. The maximum absolute atomic E-state index is 12.3. The van der Waals surface area contributed by atoms with E-state index in [0.717, 1.165) is 10.8 Å². The maximum atomic E-state index is 12.3. The van der Waals surface area contributed by atoms with E-state index in [9.17, 15) is 8.42 Å². The summed E-state index contributed by atoms with van der Waals surface area (Å²) in [6.07, 6.45) is 0. The van der Waals surface area contributed by atoms with E-state index in [4.69, 9.17) is 8.92 Å². The third-order valence-electron chi connectivity index (χ3n) is 3.27. The molecule has 5 heteroatoms. The number of ether oxygens (including phenoxy) is 1. The quantitative estimate of drug-likeness (QED) is 0.690. The predicted octanol–water partition coefficient (Wildman–Crippen LogP) is 3.62. The summed E-state index contributed by atoms with van der Waals surface area (Å²) in [5, 5.41) is 1.83. The second-order valence-electron chi connectivity index (χ2n) is 4.72. The van der Waals surface area contributed by atoms with Gasteiger partial charge in [0, 0.05) is 0 Å². The minimum atomic E-state index is -3.87. The topological polar surface area (TPSA) is 52.6 Å². The molecule has 0 aliphatic rings. The van der Waals surface area contributed by atoms with Gasteiger partial charge in [-0.1, -0.05) is 30.3 Å². The molecule has 0 unspecified atom stereocenters. The lowest BCUT2D eigenvalue weighted by molar-refractivity contribution is 0.413. The number of hydrogen-bond acceptors (Lipinski definition) is 4. The van der Waals surface area contributed by atoms with Crippen molar-refractivity contribution in [1.29, 1.82) is 0 Å². The summed E-state index contributed by atoms with van der Waals surface area (Å²) in [6.45, 7) is 0. The van der Waals surface area contributed by atoms with Crippen LogP contribution in [0, 0.1) is 0 Å². The number of hydrogen-bond donors (Lipinski definition) is 0. The molecule has 3 aromatic carbocycles. The summed E-state index contributed by atoms with van der Waals surface area (Å²) >= 11 is 0. The molecule has 0 aliphatic carbocycles. The first-order valence-electron chi connectivity index (χ1n) is 6.66. The zero-order valence-corrected chi connectivity index (χ0v) is 12.7. The minimum absolute atomic E-state index is 0.127. The molecule has 0 aliphatic heterocycles. The summed E-state index contributed by atoms with van der Waals surface area (Å²) in [5.74, 6) is 0.879. The molecule has 0 heterocycles. The highest BCUT2D eigenvalue weighted by Gasteiger charge is 2.17. The number of benzene rings is 3. The van der Waals surface area contributed by atoms with Crippen LogP contribution in [0.3, 0.4) is 0 Å². The van der Waals surface area contributed by atoms with E-state index in [2.05, 4.69) is 0 Å². The first-order chi connectivity index (χ1) is 10.6. The van der Waals surface area contributed by atoms with E-state index >= 15 is 0 Å². The van der Waals surface area contributed by atoms with Crippen molar-refractivity contribution in [2.75, 3.05) is 7.11 Å². The Bertz CT molecular complexity index is 899. The molecule has 4 nitrogen and oxygen atoms in total. The summed E-state index contributed by atoms with van der Waals surface area (Å²) in [5.41, 5.74) is 0. The van der Waals surface area contributed by atoms with Crippen molar-refractivity contribution in [1.82, 2.24) is 0 Å². The standard InChI is InChI=1S/C17H14O4S/c1-20-15-7-9-16(10-8-15)21-22(18,19)17-11-6-13-4-2-3-5-14(13)12-17/h2-12H,1H3. The van der Waals surface area contributed by atoms with Crippen LogP contribution in [0.1, 0.15) is 0 Å². The highest BCUT2D eigenvalue weighted by molar-refractivity contribution is 7.87. The van der Waals surface area contributed by atoms with E-state index in [1.54, 1.807) is 49.6 Å². The molecule has 0 N–H and O–H groups in total. The van der Waals surface area contributed by atoms with Crippen LogP contribution in [0.15, 0.2) is 71.6 Å². The van der Waals surface area contributed by atoms with Gasteiger partial charge in [-0.2, -0.15) is 8.42 Å². The average molecular weight is 314 g/mol. The monoisotopic (exact) mass is 314 g/mol. The van der Waals surface area contributed by atoms with Crippen LogP contribution < -0.4 is 8.92 Å². The molecular formula is C17H14O4S. The van der Waals surface area contributed by atoms with E-state index in [1.807, 2.05) is 24.3 Å². The van der Waals surface area contributed by atoms with Crippen LogP contribution in [0.4, 0.5) is 0 Å². The van der Waals surface area contributed by atoms with E-state index in [1.165, 1.54) is 0 Å². The lowest BCUT2D eigenvalue weighted by Gasteiger charge is -2.08. The molecule has 0 saturated carbocycles. The highest BCUT2D eigenvalue weighted by atomic mass is 32.2. The lowest BCUT2D eigenvalue weighted by Crippen LogP contribution is -2.09. The van der Waals surface area contributed by atoms with Gasteiger partial charge in [0.2, 0.25) is 0 Å². The van der Waals surface area contributed by atoms with Crippen molar-refractivity contribution in [3.63, 3.8) is 0 Å². The number of rotatable bonds is 4. The Morgan fingerprint density at radius 2 is 1.41 bits per heavy atom. The molecule has 0 atom stereocenters. The Morgan fingerprint density at radius 3 is 2.09 bits per heavy atom. The van der Waals surface area contributed by atoms with E-state index in [-0.39, 0.29) is 10.6 Å². The summed E-state index contributed by atoms with van der Waals surface area (Å²) in [4.78, 5) is 0.127. The van der Waals surface area contributed by atoms with Gasteiger partial charge in [0.1, 0.15) is 16.4 Å². The molecule has 3 aromatic rings. The molecule has 0 bridgehead atoms. The van der Waals surface area contributed by atoms with Crippen molar-refractivity contribution in [3.8, 4) is 11.5 Å². The summed E-state index contributed by atoms with van der Waals surface area (Å²) in [6, 6.07) is 18.9. The first kappa shape index (κ1) is 14.4. The fourth-order valence-corrected chi connectivity index (χ4v) is 3.10. The average Bonchev–Trinajstić information content (AvgIpc) is 2.55. The fourth-order valence-electron chi connectivity index (χ4n) is 2.13. The van der Waals surface area contributed by atoms with Gasteiger partial charge in [-0.15, -0.1) is 0 Å². The second-order valence-corrected chi connectivity index (χ2v) is 6.27. The van der Waals surface area contributed by atoms with Crippen LogP contribution >= 0.6 is 0 Å². The van der Waals surface area contributed by atoms with Crippen molar-refractivity contribution < 1.29 is 17.3 Å². The SMILES string of the molecule is COc1ccc(OS(=O)(=O)c2ccc3ccccc3c2)cc1. The molecule has 0 spiro atoms. The van der Waals surface area contributed by atoms with Crippen LogP contribution in [0.5, 0.6) is 11.5 Å². The van der Waals surface area contributed by atoms with Gasteiger partial charge in [-0.25, -0.2) is 0 Å². The lowest BCUT2D eigenvalue weighted by atomic mass is 10.1. The predicted molar refractivity (Wildman–Crippen MR) is 84.8 cm³/mol. The molecular weight excluding hydrogens is 300 g/mol. The summed E-state index contributed by atoms with van der Waals surface area (Å²) in [7, 11) is -2.32.